The Morgan fingerprint density at radius 1 is 0.487 bits per heavy atom. The molecule has 1 heterocycles. The average Bonchev–Trinajstić information content (AvgIpc) is 0.981. The van der Waals surface area contributed by atoms with E-state index < -0.39 is 58.7 Å². The predicted molar refractivity (Wildman–Crippen MR) is 442 cm³/mol. The number of carbonyl (C=O) groups excluding carboxylic acids is 5. The summed E-state index contributed by atoms with van der Waals surface area (Å²) in [5.74, 6) is -9.80. The van der Waals surface area contributed by atoms with Gasteiger partial charge in [-0.1, -0.05) is 5.21 Å². The standard InChI is InChI=1S/C77H109F5N18O12S3/c78-68-69(79)71(81)73(72(82)70(68)80)112-67(108)32-46-110-48-50-111-49-47-109-45-31-66(107)96-77(33-28-63(104)87-38-9-7-36-85-51-54(83)13-1-4-41-90-74(113)93-55-16-22-60(101)23-17-55,34-29-64(105)88-39-10-8-37-86-52-58(97-84)14-2-5-42-91-75(114)94-56-18-24-61(102)25-19-56)35-30-65(106)89-40-11-12-44-100-53-59(98-99-100)15-3-6-43-92-76(115)95-57-20-26-62(103)27-21-57/h16-27,51-53,85,101-103H,1-15,28-50,83-84H2,(H,87,104)(H,88,105)(H,89,106)(H,96,107)(H2,90,93,113)(H2,91,94,114)(H2,92,95,115)/b54-51-,86-52?,97-58?. The number of esters is 1. The molecule has 0 fully saturated rings. The summed E-state index contributed by atoms with van der Waals surface area (Å²) < 4.78 is 91.0. The average molecular weight is 1670 g/mol. The van der Waals surface area contributed by atoms with Gasteiger partial charge in [-0.15, -0.1) is 5.10 Å². The first-order valence-corrected chi connectivity index (χ1v) is 39.6. The van der Waals surface area contributed by atoms with Gasteiger partial charge in [-0.05, 0) is 225 Å². The van der Waals surface area contributed by atoms with E-state index in [4.69, 9.17) is 62.4 Å². The highest BCUT2D eigenvalue weighted by molar-refractivity contribution is 7.80. The van der Waals surface area contributed by atoms with Crippen LogP contribution in [0.5, 0.6) is 23.0 Å². The van der Waals surface area contributed by atoms with Gasteiger partial charge in [0.15, 0.2) is 15.3 Å². The van der Waals surface area contributed by atoms with Gasteiger partial charge in [-0.2, -0.15) is 13.9 Å². The van der Waals surface area contributed by atoms with Gasteiger partial charge in [0.2, 0.25) is 58.5 Å². The molecular formula is C77H109F5N18O12S3. The summed E-state index contributed by atoms with van der Waals surface area (Å²) in [7, 11) is 0. The van der Waals surface area contributed by atoms with Gasteiger partial charge in [-0.3, -0.25) is 33.6 Å². The van der Waals surface area contributed by atoms with E-state index in [-0.39, 0.29) is 120 Å². The van der Waals surface area contributed by atoms with Crippen molar-refractivity contribution in [2.24, 2.45) is 21.7 Å². The second-order valence-electron chi connectivity index (χ2n) is 26.7. The minimum atomic E-state index is -2.40. The molecule has 38 heteroatoms. The van der Waals surface area contributed by atoms with Crippen LogP contribution in [-0.4, -0.2) is 185 Å². The number of hydrogen-bond acceptors (Lipinski definition) is 22. The van der Waals surface area contributed by atoms with Gasteiger partial charge in [0.25, 0.3) is 0 Å². The van der Waals surface area contributed by atoms with Crippen LogP contribution in [0.25, 0.3) is 0 Å². The fourth-order valence-electron chi connectivity index (χ4n) is 11.0. The number of benzene rings is 4. The fourth-order valence-corrected chi connectivity index (χ4v) is 11.6. The van der Waals surface area contributed by atoms with Crippen molar-refractivity contribution >= 4 is 111 Å². The summed E-state index contributed by atoms with van der Waals surface area (Å²) in [5, 5.41) is 76.4. The highest BCUT2D eigenvalue weighted by Gasteiger charge is 2.34. The minimum absolute atomic E-state index is 0.00723. The third-order valence-electron chi connectivity index (χ3n) is 17.3. The maximum Gasteiger partial charge on any atom is 0.313 e. The first kappa shape index (κ1) is 95.4. The summed E-state index contributed by atoms with van der Waals surface area (Å²) in [6, 6.07) is 19.7. The van der Waals surface area contributed by atoms with Crippen molar-refractivity contribution in [2.45, 2.75) is 160 Å². The highest BCUT2D eigenvalue weighted by Crippen LogP contribution is 2.30. The smallest absolute Gasteiger partial charge is 0.313 e. The molecule has 632 valence electrons. The zero-order chi connectivity index (χ0) is 83.3. The normalized spacial score (nSPS) is 12.0. The van der Waals surface area contributed by atoms with Crippen LogP contribution in [0.1, 0.15) is 147 Å². The Morgan fingerprint density at radius 2 is 0.904 bits per heavy atom. The van der Waals surface area contributed by atoms with Crippen LogP contribution in [0.2, 0.25) is 0 Å². The second-order valence-corrected chi connectivity index (χ2v) is 27.9. The van der Waals surface area contributed by atoms with E-state index in [1.165, 1.54) is 0 Å². The number of aliphatic imine (C=N–C) groups is 1. The van der Waals surface area contributed by atoms with Crippen molar-refractivity contribution in [3.63, 3.8) is 0 Å². The van der Waals surface area contributed by atoms with Crippen LogP contribution < -0.4 is 74.8 Å². The summed E-state index contributed by atoms with van der Waals surface area (Å²) in [5.41, 5.74) is 9.45. The third kappa shape index (κ3) is 42.2. The predicted octanol–water partition coefficient (Wildman–Crippen LogP) is 8.81. The monoisotopic (exact) mass is 1670 g/mol. The molecular weight excluding hydrogens is 1560 g/mol. The fraction of sp³-hybridized carbons (Fsp3) is 0.506. The molecule has 18 N–H and O–H groups in total. The van der Waals surface area contributed by atoms with Crippen molar-refractivity contribution < 1.29 is 80.2 Å². The lowest BCUT2D eigenvalue weighted by Crippen LogP contribution is -2.50. The number of aromatic nitrogens is 3. The lowest BCUT2D eigenvalue weighted by molar-refractivity contribution is -0.136. The topological polar surface area (TPSA) is 423 Å². The molecule has 0 aliphatic heterocycles. The Hall–Kier alpha value is -10.2. The number of phenolic OH excluding ortho intramolecular Hbond substituents is 3. The van der Waals surface area contributed by atoms with Gasteiger partial charge in [0.1, 0.15) is 17.2 Å². The number of aryl methyl sites for hydroxylation is 2. The number of nitrogens with two attached hydrogens (primary N) is 2. The number of halogens is 5. The van der Waals surface area contributed by atoms with Crippen LogP contribution in [0.3, 0.4) is 0 Å². The SMILES string of the molecule is NN=C(C=NCCCCNC(=O)CCC(CCC(=O)NCCCCN/C=C(\N)CCCCNC(=S)Nc1ccc(O)cc1)(CCC(=O)NCCCCn1cc(CCCCNC(=S)Nc2ccc(O)cc2)nn1)NC(=O)CCOCCOCCOCCC(=O)Oc1c(F)c(F)c(F)c(F)c1F)CCCCNC(=S)Nc1ccc(O)cc1. The molecule has 0 spiro atoms. The van der Waals surface area contributed by atoms with Gasteiger partial charge < -0.3 is 104 Å². The van der Waals surface area contributed by atoms with Gasteiger partial charge in [0.05, 0.1) is 57.5 Å². The molecule has 4 aromatic carbocycles. The van der Waals surface area contributed by atoms with Crippen molar-refractivity contribution in [3.8, 4) is 23.0 Å². The Balaban J connectivity index is 1.12. The summed E-state index contributed by atoms with van der Waals surface area (Å²) in [6.07, 6.45) is 15.3. The zero-order valence-electron chi connectivity index (χ0n) is 64.6. The number of nitrogens with one attached hydrogen (secondary N) is 11. The first-order valence-electron chi connectivity index (χ1n) is 38.4. The number of carbonyl (C=O) groups is 5. The van der Waals surface area contributed by atoms with E-state index in [0.29, 0.717) is 137 Å². The van der Waals surface area contributed by atoms with E-state index >= 15 is 0 Å². The number of ether oxygens (including phenoxy) is 4. The van der Waals surface area contributed by atoms with E-state index in [1.807, 2.05) is 6.20 Å². The summed E-state index contributed by atoms with van der Waals surface area (Å²) >= 11 is 16.1. The molecule has 0 aliphatic rings. The third-order valence-corrected chi connectivity index (χ3v) is 18.1. The van der Waals surface area contributed by atoms with Crippen molar-refractivity contribution in [2.75, 3.05) is 108 Å². The van der Waals surface area contributed by atoms with Crippen LogP contribution in [-0.2, 0) is 51.1 Å². The molecule has 0 aliphatic carbocycles. The van der Waals surface area contributed by atoms with E-state index in [0.717, 1.165) is 67.7 Å². The summed E-state index contributed by atoms with van der Waals surface area (Å²) in [6.45, 7) is 4.11. The molecule has 5 aromatic rings. The maximum absolute atomic E-state index is 14.0. The molecule has 5 rings (SSSR count). The molecule has 0 saturated carbocycles. The number of rotatable bonds is 58. The van der Waals surface area contributed by atoms with Crippen molar-refractivity contribution in [1.82, 2.24) is 57.5 Å². The molecule has 1 aromatic heterocycles. The molecule has 0 saturated heterocycles. The van der Waals surface area contributed by atoms with E-state index in [9.17, 15) is 61.2 Å². The van der Waals surface area contributed by atoms with Crippen LogP contribution in [0.4, 0.5) is 39.0 Å². The van der Waals surface area contributed by atoms with Crippen LogP contribution in [0.15, 0.2) is 101 Å². The largest absolute Gasteiger partial charge is 0.508 e. The second kappa shape index (κ2) is 56.2. The number of aromatic hydroxyl groups is 3. The molecule has 115 heavy (non-hydrogen) atoms. The number of amides is 4. The Kier molecular flexibility index (Phi) is 46.6. The zero-order valence-corrected chi connectivity index (χ0v) is 67.0. The lowest BCUT2D eigenvalue weighted by Gasteiger charge is -2.35. The van der Waals surface area contributed by atoms with E-state index in [1.54, 1.807) is 89.9 Å². The molecule has 1 unspecified atom stereocenters. The molecule has 4 amide bonds. The number of hydrazone groups is 1. The van der Waals surface area contributed by atoms with Gasteiger partial charge in [0, 0.05) is 131 Å². The quantitative estimate of drug-likeness (QED) is 0.00148. The Morgan fingerprint density at radius 3 is 1.40 bits per heavy atom. The number of phenols is 3. The number of anilines is 3. The minimum Gasteiger partial charge on any atom is -0.508 e. The Labute approximate surface area is 682 Å². The van der Waals surface area contributed by atoms with Crippen molar-refractivity contribution in [3.05, 3.63) is 126 Å². The first-order chi connectivity index (χ1) is 55.5. The highest BCUT2D eigenvalue weighted by atomic mass is 32.1. The van der Waals surface area contributed by atoms with Crippen LogP contribution >= 0.6 is 36.7 Å². The molecule has 0 radical (unpaired) electrons. The van der Waals surface area contributed by atoms with E-state index in [2.05, 4.69) is 83.6 Å². The number of hydrogen-bond donors (Lipinski definition) is 16. The molecule has 1 atom stereocenters. The van der Waals surface area contributed by atoms with Crippen molar-refractivity contribution in [1.29, 1.82) is 0 Å². The van der Waals surface area contributed by atoms with Crippen LogP contribution in [0, 0.1) is 29.1 Å². The van der Waals surface area contributed by atoms with Gasteiger partial charge >= 0.3 is 5.97 Å². The molecule has 30 nitrogen and oxygen atoms in total. The Bertz CT molecular complexity index is 3870. The summed E-state index contributed by atoms with van der Waals surface area (Å²) in [4.78, 5) is 71.8. The lowest BCUT2D eigenvalue weighted by atomic mass is 9.83. The number of allylic oxidation sites excluding steroid dienone is 1. The molecule has 0 bridgehead atoms. The number of unbranched alkanes of at least 4 members (excludes halogenated alkanes) is 6. The maximum atomic E-state index is 14.0. The van der Waals surface area contributed by atoms with Gasteiger partial charge in [-0.25, -0.2) is 13.2 Å². The number of nitrogens with zero attached hydrogens (tertiary/aromatic N) is 5. The number of thiocarbonyl (C=S) groups is 3.